The Morgan fingerprint density at radius 1 is 1.10 bits per heavy atom. The summed E-state index contributed by atoms with van der Waals surface area (Å²) in [5.74, 6) is 0.202. The molecule has 21 heavy (non-hydrogen) atoms. The molecular weight excluding hydrogens is 283 g/mol. The highest BCUT2D eigenvalue weighted by atomic mass is 19.4. The van der Waals surface area contributed by atoms with Crippen molar-refractivity contribution in [1.82, 2.24) is 0 Å². The Kier molecular flexibility index (Phi) is 3.97. The Morgan fingerprint density at radius 3 is 2.43 bits per heavy atom. The number of hydrogen-bond donors (Lipinski definition) is 1. The molecule has 0 spiro atoms. The van der Waals surface area contributed by atoms with E-state index in [2.05, 4.69) is 4.74 Å². The first-order valence-electron chi connectivity index (χ1n) is 6.10. The van der Waals surface area contributed by atoms with Crippen molar-refractivity contribution < 1.29 is 22.6 Å². The van der Waals surface area contributed by atoms with Crippen molar-refractivity contribution in [2.75, 3.05) is 12.8 Å². The summed E-state index contributed by atoms with van der Waals surface area (Å²) >= 11 is 0. The molecule has 0 aliphatic carbocycles. The number of nitrogen functional groups attached to an aromatic ring is 1. The zero-order chi connectivity index (χ0) is 15.6. The fourth-order valence-electron chi connectivity index (χ4n) is 2.06. The van der Waals surface area contributed by atoms with E-state index in [0.29, 0.717) is 17.0 Å². The topological polar surface area (TPSA) is 44.5 Å². The first-order chi connectivity index (χ1) is 9.80. The largest absolute Gasteiger partial charge is 0.573 e. The van der Waals surface area contributed by atoms with Gasteiger partial charge < -0.3 is 15.2 Å². The first-order valence-corrected chi connectivity index (χ1v) is 6.10. The van der Waals surface area contributed by atoms with Gasteiger partial charge >= 0.3 is 6.36 Å². The summed E-state index contributed by atoms with van der Waals surface area (Å²) in [6.07, 6.45) is -4.72. The fourth-order valence-corrected chi connectivity index (χ4v) is 2.06. The molecule has 0 bridgehead atoms. The second-order valence-electron chi connectivity index (χ2n) is 4.48. The number of nitrogens with two attached hydrogens (primary N) is 1. The SMILES string of the molecule is COc1cc(-c2cccc(OC(F)(F)F)c2)c(C)cc1N. The molecule has 2 aromatic carbocycles. The van der Waals surface area contributed by atoms with E-state index in [9.17, 15) is 13.2 Å². The van der Waals surface area contributed by atoms with Crippen molar-refractivity contribution >= 4 is 5.69 Å². The van der Waals surface area contributed by atoms with Crippen LogP contribution >= 0.6 is 0 Å². The van der Waals surface area contributed by atoms with E-state index in [-0.39, 0.29) is 5.75 Å². The highest BCUT2D eigenvalue weighted by Crippen LogP contribution is 2.34. The molecule has 2 rings (SSSR count). The van der Waals surface area contributed by atoms with Gasteiger partial charge in [-0.2, -0.15) is 0 Å². The summed E-state index contributed by atoms with van der Waals surface area (Å²) in [7, 11) is 1.48. The lowest BCUT2D eigenvalue weighted by atomic mass is 9.99. The van der Waals surface area contributed by atoms with Crippen LogP contribution in [0, 0.1) is 6.92 Å². The van der Waals surface area contributed by atoms with Crippen LogP contribution in [0.1, 0.15) is 5.56 Å². The van der Waals surface area contributed by atoms with Crippen molar-refractivity contribution in [3.8, 4) is 22.6 Å². The molecule has 0 aliphatic rings. The summed E-state index contributed by atoms with van der Waals surface area (Å²) in [4.78, 5) is 0. The molecule has 0 unspecified atom stereocenters. The summed E-state index contributed by atoms with van der Waals surface area (Å²) < 4.78 is 45.9. The summed E-state index contributed by atoms with van der Waals surface area (Å²) in [5.41, 5.74) is 8.42. The predicted molar refractivity (Wildman–Crippen MR) is 74.3 cm³/mol. The third-order valence-corrected chi connectivity index (χ3v) is 2.96. The average Bonchev–Trinajstić information content (AvgIpc) is 2.37. The molecule has 0 amide bonds. The van der Waals surface area contributed by atoms with Crippen LogP contribution in [-0.2, 0) is 0 Å². The van der Waals surface area contributed by atoms with Crippen LogP contribution in [0.4, 0.5) is 18.9 Å². The van der Waals surface area contributed by atoms with E-state index >= 15 is 0 Å². The van der Waals surface area contributed by atoms with Crippen LogP contribution in [0.3, 0.4) is 0 Å². The molecule has 0 radical (unpaired) electrons. The van der Waals surface area contributed by atoms with Gasteiger partial charge in [0.15, 0.2) is 0 Å². The minimum atomic E-state index is -4.72. The van der Waals surface area contributed by atoms with Gasteiger partial charge in [-0.3, -0.25) is 0 Å². The predicted octanol–water partition coefficient (Wildman–Crippen LogP) is 4.15. The van der Waals surface area contributed by atoms with Crippen molar-refractivity contribution in [3.63, 3.8) is 0 Å². The minimum Gasteiger partial charge on any atom is -0.495 e. The molecule has 2 N–H and O–H groups in total. The first kappa shape index (κ1) is 15.0. The number of anilines is 1. The van der Waals surface area contributed by atoms with E-state index in [4.69, 9.17) is 10.5 Å². The fraction of sp³-hybridized carbons (Fsp3) is 0.200. The Labute approximate surface area is 120 Å². The van der Waals surface area contributed by atoms with Gasteiger partial charge in [0.05, 0.1) is 12.8 Å². The Bertz CT molecular complexity index is 654. The third kappa shape index (κ3) is 3.59. The molecule has 3 nitrogen and oxygen atoms in total. The van der Waals surface area contributed by atoms with E-state index in [1.54, 1.807) is 18.2 Å². The van der Waals surface area contributed by atoms with Gasteiger partial charge in [-0.25, -0.2) is 0 Å². The molecule has 0 saturated carbocycles. The van der Waals surface area contributed by atoms with Crippen molar-refractivity contribution in [2.24, 2.45) is 0 Å². The van der Waals surface area contributed by atoms with E-state index in [0.717, 1.165) is 11.1 Å². The van der Waals surface area contributed by atoms with Gasteiger partial charge in [0, 0.05) is 0 Å². The number of benzene rings is 2. The van der Waals surface area contributed by atoms with Gasteiger partial charge in [0.1, 0.15) is 11.5 Å². The van der Waals surface area contributed by atoms with Crippen molar-refractivity contribution in [2.45, 2.75) is 13.3 Å². The lowest BCUT2D eigenvalue weighted by Crippen LogP contribution is -2.17. The van der Waals surface area contributed by atoms with Gasteiger partial charge in [-0.1, -0.05) is 12.1 Å². The van der Waals surface area contributed by atoms with Crippen LogP contribution in [0.2, 0.25) is 0 Å². The van der Waals surface area contributed by atoms with E-state index in [1.165, 1.54) is 25.3 Å². The number of aryl methyl sites for hydroxylation is 1. The highest BCUT2D eigenvalue weighted by molar-refractivity contribution is 5.74. The molecule has 2 aromatic rings. The zero-order valence-corrected chi connectivity index (χ0v) is 11.5. The van der Waals surface area contributed by atoms with Crippen LogP contribution in [0.25, 0.3) is 11.1 Å². The van der Waals surface area contributed by atoms with Gasteiger partial charge in [0.2, 0.25) is 0 Å². The van der Waals surface area contributed by atoms with Crippen LogP contribution < -0.4 is 15.2 Å². The molecule has 6 heteroatoms. The highest BCUT2D eigenvalue weighted by Gasteiger charge is 2.31. The Hall–Kier alpha value is -2.37. The standard InChI is InChI=1S/C15H14F3NO2/c1-9-6-13(19)14(20-2)8-12(9)10-4-3-5-11(7-10)21-15(16,17)18/h3-8H,19H2,1-2H3. The average molecular weight is 297 g/mol. The molecule has 0 fully saturated rings. The van der Waals surface area contributed by atoms with Crippen LogP contribution in [0.15, 0.2) is 36.4 Å². The summed E-state index contributed by atoms with van der Waals surface area (Å²) in [6, 6.07) is 9.18. The number of rotatable bonds is 3. The van der Waals surface area contributed by atoms with Gasteiger partial charge in [0.25, 0.3) is 0 Å². The lowest BCUT2D eigenvalue weighted by Gasteiger charge is -2.13. The normalized spacial score (nSPS) is 11.3. The number of alkyl halides is 3. The molecule has 112 valence electrons. The van der Waals surface area contributed by atoms with Crippen molar-refractivity contribution in [3.05, 3.63) is 42.0 Å². The smallest absolute Gasteiger partial charge is 0.495 e. The van der Waals surface area contributed by atoms with Gasteiger partial charge in [-0.05, 0) is 47.9 Å². The maximum Gasteiger partial charge on any atom is 0.573 e. The quantitative estimate of drug-likeness (QED) is 0.865. The second kappa shape index (κ2) is 5.55. The summed E-state index contributed by atoms with van der Waals surface area (Å²) in [6.45, 7) is 1.82. The molecule has 0 aliphatic heterocycles. The molecule has 0 heterocycles. The maximum absolute atomic E-state index is 12.3. The van der Waals surface area contributed by atoms with Crippen molar-refractivity contribution in [1.29, 1.82) is 0 Å². The monoisotopic (exact) mass is 297 g/mol. The Balaban J connectivity index is 2.45. The number of hydrogen-bond acceptors (Lipinski definition) is 3. The summed E-state index contributed by atoms with van der Waals surface area (Å²) in [5, 5.41) is 0. The second-order valence-corrected chi connectivity index (χ2v) is 4.48. The third-order valence-electron chi connectivity index (χ3n) is 2.96. The zero-order valence-electron chi connectivity index (χ0n) is 11.5. The van der Waals surface area contributed by atoms with Crippen LogP contribution in [-0.4, -0.2) is 13.5 Å². The van der Waals surface area contributed by atoms with Crippen LogP contribution in [0.5, 0.6) is 11.5 Å². The number of methoxy groups -OCH3 is 1. The number of halogens is 3. The van der Waals surface area contributed by atoms with Gasteiger partial charge in [-0.15, -0.1) is 13.2 Å². The maximum atomic E-state index is 12.3. The molecule has 0 atom stereocenters. The Morgan fingerprint density at radius 2 is 1.81 bits per heavy atom. The number of ether oxygens (including phenoxy) is 2. The molecular formula is C15H14F3NO2. The molecule has 0 aromatic heterocycles. The minimum absolute atomic E-state index is 0.268. The lowest BCUT2D eigenvalue weighted by molar-refractivity contribution is -0.274. The van der Waals surface area contributed by atoms with E-state index < -0.39 is 6.36 Å². The van der Waals surface area contributed by atoms with E-state index in [1.807, 2.05) is 6.92 Å². The molecule has 0 saturated heterocycles.